The lowest BCUT2D eigenvalue weighted by atomic mass is 10.2. The smallest absolute Gasteiger partial charge is 0.163 e. The lowest BCUT2D eigenvalue weighted by molar-refractivity contribution is 0.296. The van der Waals surface area contributed by atoms with Gasteiger partial charge in [-0.2, -0.15) is 11.8 Å². The molecule has 5 nitrogen and oxygen atoms in total. The first-order valence-electron chi connectivity index (χ1n) is 8.29. The number of aromatic nitrogens is 2. The summed E-state index contributed by atoms with van der Waals surface area (Å²) >= 11 is 7.58. The minimum Gasteiger partial charge on any atom is -0.493 e. The monoisotopic (exact) mass is 407 g/mol. The van der Waals surface area contributed by atoms with Gasteiger partial charge in [0.15, 0.2) is 11.5 Å². The van der Waals surface area contributed by atoms with Gasteiger partial charge in [0.05, 0.1) is 24.9 Å². The van der Waals surface area contributed by atoms with Gasteiger partial charge < -0.3 is 14.8 Å². The van der Waals surface area contributed by atoms with Crippen molar-refractivity contribution in [2.24, 2.45) is 0 Å². The van der Waals surface area contributed by atoms with E-state index in [1.165, 1.54) is 12.4 Å². The van der Waals surface area contributed by atoms with Gasteiger partial charge in [0.2, 0.25) is 0 Å². The molecule has 0 aliphatic carbocycles. The Balaban J connectivity index is 1.93. The summed E-state index contributed by atoms with van der Waals surface area (Å²) in [5, 5.41) is 4.01. The fraction of sp³-hybridized carbons (Fsp3) is 0.263. The molecule has 3 aromatic rings. The molecule has 0 saturated carbocycles. The van der Waals surface area contributed by atoms with E-state index in [0.29, 0.717) is 39.8 Å². The van der Waals surface area contributed by atoms with E-state index in [-0.39, 0.29) is 5.69 Å². The van der Waals surface area contributed by atoms with E-state index in [9.17, 15) is 4.39 Å². The zero-order valence-corrected chi connectivity index (χ0v) is 16.5. The van der Waals surface area contributed by atoms with Crippen molar-refractivity contribution < 1.29 is 13.9 Å². The first-order valence-corrected chi connectivity index (χ1v) is 10.1. The maximum absolute atomic E-state index is 14.1. The van der Waals surface area contributed by atoms with Gasteiger partial charge in [-0.25, -0.2) is 14.4 Å². The number of nitrogens with one attached hydrogen (secondary N) is 1. The summed E-state index contributed by atoms with van der Waals surface area (Å²) in [4.78, 5) is 8.53. The van der Waals surface area contributed by atoms with Gasteiger partial charge in [-0.1, -0.05) is 11.6 Å². The molecular weight excluding hydrogens is 389 g/mol. The number of nitrogens with zero attached hydrogens (tertiary/aromatic N) is 2. The van der Waals surface area contributed by atoms with Gasteiger partial charge in [0, 0.05) is 16.5 Å². The zero-order chi connectivity index (χ0) is 19.2. The summed E-state index contributed by atoms with van der Waals surface area (Å²) in [6.45, 7) is 0.592. The average molecular weight is 408 g/mol. The molecule has 3 rings (SSSR count). The number of hydrogen-bond donors (Lipinski definition) is 1. The number of hydrogen-bond acceptors (Lipinski definition) is 6. The van der Waals surface area contributed by atoms with Crippen molar-refractivity contribution in [3.63, 3.8) is 0 Å². The molecule has 0 amide bonds. The SMILES string of the molecule is COc1cc2c(Nc3ccc(Cl)cc3F)ncnc2cc1OCCCSC. The van der Waals surface area contributed by atoms with Crippen LogP contribution in [0.1, 0.15) is 6.42 Å². The fourth-order valence-corrected chi connectivity index (χ4v) is 3.11. The molecule has 0 bridgehead atoms. The summed E-state index contributed by atoms with van der Waals surface area (Å²) in [7, 11) is 1.58. The highest BCUT2D eigenvalue weighted by atomic mass is 35.5. The highest BCUT2D eigenvalue weighted by molar-refractivity contribution is 7.98. The minimum atomic E-state index is -0.463. The van der Waals surface area contributed by atoms with E-state index in [1.54, 1.807) is 43.1 Å². The van der Waals surface area contributed by atoms with Crippen molar-refractivity contribution >= 4 is 45.8 Å². The van der Waals surface area contributed by atoms with E-state index in [2.05, 4.69) is 21.5 Å². The Morgan fingerprint density at radius 1 is 1.19 bits per heavy atom. The maximum atomic E-state index is 14.1. The summed E-state index contributed by atoms with van der Waals surface area (Å²) in [5.41, 5.74) is 0.943. The van der Waals surface area contributed by atoms with Crippen molar-refractivity contribution in [3.05, 3.63) is 47.5 Å². The number of fused-ring (bicyclic) bond motifs is 1. The lowest BCUT2D eigenvalue weighted by Gasteiger charge is -2.14. The van der Waals surface area contributed by atoms with Crippen molar-refractivity contribution in [1.82, 2.24) is 9.97 Å². The highest BCUT2D eigenvalue weighted by Gasteiger charge is 2.13. The summed E-state index contributed by atoms with van der Waals surface area (Å²) in [5.74, 6) is 2.22. The van der Waals surface area contributed by atoms with Crippen LogP contribution in [-0.2, 0) is 0 Å². The van der Waals surface area contributed by atoms with E-state index >= 15 is 0 Å². The van der Waals surface area contributed by atoms with Crippen molar-refractivity contribution in [1.29, 1.82) is 0 Å². The number of halogens is 2. The third kappa shape index (κ3) is 4.73. The first kappa shape index (κ1) is 19.5. The number of rotatable bonds is 8. The minimum absolute atomic E-state index is 0.274. The van der Waals surface area contributed by atoms with Crippen LogP contribution < -0.4 is 14.8 Å². The van der Waals surface area contributed by atoms with E-state index < -0.39 is 5.82 Å². The topological polar surface area (TPSA) is 56.3 Å². The average Bonchev–Trinajstić information content (AvgIpc) is 2.67. The number of thioether (sulfide) groups is 1. The summed E-state index contributed by atoms with van der Waals surface area (Å²) in [6, 6.07) is 8.01. The molecule has 0 radical (unpaired) electrons. The molecule has 0 saturated heterocycles. The van der Waals surface area contributed by atoms with Gasteiger partial charge >= 0.3 is 0 Å². The Hall–Kier alpha value is -2.25. The Morgan fingerprint density at radius 3 is 2.78 bits per heavy atom. The van der Waals surface area contributed by atoms with E-state index in [0.717, 1.165) is 12.2 Å². The van der Waals surface area contributed by atoms with Crippen LogP contribution in [0.5, 0.6) is 11.5 Å². The van der Waals surface area contributed by atoms with Gasteiger partial charge in [-0.15, -0.1) is 0 Å². The maximum Gasteiger partial charge on any atom is 0.163 e. The Bertz CT molecular complexity index is 942. The van der Waals surface area contributed by atoms with Crippen LogP contribution in [0.3, 0.4) is 0 Å². The van der Waals surface area contributed by atoms with E-state index in [4.69, 9.17) is 21.1 Å². The predicted octanol–water partition coefficient (Wildman–Crippen LogP) is 5.31. The molecule has 0 atom stereocenters. The van der Waals surface area contributed by atoms with Crippen molar-refractivity contribution in [2.75, 3.05) is 31.0 Å². The lowest BCUT2D eigenvalue weighted by Crippen LogP contribution is -2.02. The molecule has 0 spiro atoms. The normalized spacial score (nSPS) is 10.8. The Morgan fingerprint density at radius 2 is 2.04 bits per heavy atom. The van der Waals surface area contributed by atoms with Gasteiger partial charge in [0.1, 0.15) is 18.0 Å². The zero-order valence-electron chi connectivity index (χ0n) is 15.0. The van der Waals surface area contributed by atoms with Crippen LogP contribution in [0.15, 0.2) is 36.7 Å². The number of anilines is 2. The second-order valence-electron chi connectivity index (χ2n) is 5.69. The molecule has 8 heteroatoms. The number of methoxy groups -OCH3 is 1. The quantitative estimate of drug-likeness (QED) is 0.511. The number of ether oxygens (including phenoxy) is 2. The molecule has 1 heterocycles. The van der Waals surface area contributed by atoms with Crippen LogP contribution in [0.25, 0.3) is 10.9 Å². The molecular formula is C19H19ClFN3O2S. The summed E-state index contributed by atoms with van der Waals surface area (Å²) < 4.78 is 25.4. The second-order valence-corrected chi connectivity index (χ2v) is 7.11. The largest absolute Gasteiger partial charge is 0.493 e. The van der Waals surface area contributed by atoms with Gasteiger partial charge in [-0.05, 0) is 42.7 Å². The number of benzene rings is 2. The van der Waals surface area contributed by atoms with Crippen LogP contribution in [0, 0.1) is 5.82 Å². The molecule has 0 aliphatic rings. The van der Waals surface area contributed by atoms with Gasteiger partial charge in [0.25, 0.3) is 0 Å². The molecule has 2 aromatic carbocycles. The second kappa shape index (κ2) is 9.10. The fourth-order valence-electron chi connectivity index (χ4n) is 2.54. The first-order chi connectivity index (χ1) is 13.1. The molecule has 0 unspecified atom stereocenters. The molecule has 0 aliphatic heterocycles. The summed E-state index contributed by atoms with van der Waals surface area (Å²) in [6.07, 6.45) is 4.42. The van der Waals surface area contributed by atoms with Crippen molar-refractivity contribution in [2.45, 2.75) is 6.42 Å². The molecule has 1 N–H and O–H groups in total. The van der Waals surface area contributed by atoms with Gasteiger partial charge in [-0.3, -0.25) is 0 Å². The van der Waals surface area contributed by atoms with E-state index in [1.807, 2.05) is 0 Å². The van der Waals surface area contributed by atoms with Crippen LogP contribution in [0.4, 0.5) is 15.9 Å². The van der Waals surface area contributed by atoms with Crippen molar-refractivity contribution in [3.8, 4) is 11.5 Å². The third-order valence-corrected chi connectivity index (χ3v) is 4.79. The molecule has 0 fully saturated rings. The van der Waals surface area contributed by atoms with Crippen LogP contribution in [0.2, 0.25) is 5.02 Å². The van der Waals surface area contributed by atoms with Crippen LogP contribution >= 0.6 is 23.4 Å². The molecule has 142 valence electrons. The van der Waals surface area contributed by atoms with Crippen LogP contribution in [-0.4, -0.2) is 35.7 Å². The molecule has 27 heavy (non-hydrogen) atoms. The third-order valence-electron chi connectivity index (χ3n) is 3.86. The molecule has 1 aromatic heterocycles. The Labute approximate surface area is 166 Å². The predicted molar refractivity (Wildman–Crippen MR) is 109 cm³/mol. The standard InChI is InChI=1S/C19H19ClFN3O2S/c1-25-17-9-13-16(10-18(17)26-6-3-7-27-2)22-11-23-19(13)24-15-5-4-12(20)8-14(15)21/h4-5,8-11H,3,6-7H2,1-2H3,(H,22,23,24). The highest BCUT2D eigenvalue weighted by Crippen LogP contribution is 2.35. The Kier molecular flexibility index (Phi) is 6.58.